The number of rotatable bonds is 11. The van der Waals surface area contributed by atoms with Crippen LogP contribution in [0.25, 0.3) is 0 Å². The molecule has 184 valence electrons. The van der Waals surface area contributed by atoms with Crippen LogP contribution in [0.4, 0.5) is 13.2 Å². The van der Waals surface area contributed by atoms with E-state index in [0.29, 0.717) is 7.11 Å². The minimum Gasteiger partial charge on any atom is -0.481 e. The van der Waals surface area contributed by atoms with E-state index in [2.05, 4.69) is 9.47 Å². The van der Waals surface area contributed by atoms with Crippen molar-refractivity contribution in [3.63, 3.8) is 0 Å². The normalized spacial score (nSPS) is 17.1. The summed E-state index contributed by atoms with van der Waals surface area (Å²) in [4.78, 5) is 49.3. The number of carbonyl (C=O) groups is 4. The average Bonchev–Trinajstić information content (AvgIpc) is 2.76. The van der Waals surface area contributed by atoms with Gasteiger partial charge < -0.3 is 19.3 Å². The van der Waals surface area contributed by atoms with Crippen LogP contribution in [0.1, 0.15) is 39.2 Å². The van der Waals surface area contributed by atoms with Gasteiger partial charge in [0.2, 0.25) is 0 Å². The number of esters is 2. The minimum atomic E-state index is -5.25. The summed E-state index contributed by atoms with van der Waals surface area (Å²) in [6, 6.07) is 6.01. The van der Waals surface area contributed by atoms with E-state index in [-0.39, 0.29) is 6.42 Å². The molecule has 11 heteroatoms. The van der Waals surface area contributed by atoms with Gasteiger partial charge in [0.25, 0.3) is 5.60 Å². The largest absolute Gasteiger partial charge is 0.481 e. The molecular weight excluding hydrogens is 449 g/mol. The van der Waals surface area contributed by atoms with Gasteiger partial charge in [-0.25, -0.2) is 4.79 Å². The molecule has 1 rings (SSSR count). The first-order valence-electron chi connectivity index (χ1n) is 9.95. The fourth-order valence-corrected chi connectivity index (χ4v) is 3.28. The topological polar surface area (TPSA) is 116 Å². The maximum absolute atomic E-state index is 14.0. The second-order valence-corrected chi connectivity index (χ2v) is 7.61. The van der Waals surface area contributed by atoms with E-state index in [1.54, 1.807) is 0 Å². The molecule has 0 spiro atoms. The lowest BCUT2D eigenvalue weighted by Crippen LogP contribution is -2.53. The molecule has 0 aliphatic heterocycles. The lowest BCUT2D eigenvalue weighted by molar-refractivity contribution is -0.278. The highest BCUT2D eigenvalue weighted by Crippen LogP contribution is 2.43. The van der Waals surface area contributed by atoms with Crippen LogP contribution >= 0.6 is 0 Å². The van der Waals surface area contributed by atoms with Crippen molar-refractivity contribution in [1.82, 2.24) is 0 Å². The van der Waals surface area contributed by atoms with Gasteiger partial charge in [-0.2, -0.15) is 13.2 Å². The Balaban J connectivity index is 3.28. The first kappa shape index (κ1) is 28.1. The number of ether oxygens (including phenoxy) is 3. The standard InChI is InChI=1S/C22H27F3O8/c1-6-20(3,18(29)31-4)16(26)12-15(17(27)28)13(2)33-19(30)21(32-5,22(23,24)25)14-10-8-7-9-11-14/h7-11,13,15H,6,12H2,1-5H3,(H,27,28)/t13-,15-,20+,21+/m1/s1. The van der Waals surface area contributed by atoms with Crippen molar-refractivity contribution >= 4 is 23.7 Å². The maximum atomic E-state index is 14.0. The molecule has 0 aliphatic rings. The van der Waals surface area contributed by atoms with E-state index in [0.717, 1.165) is 26.2 Å². The van der Waals surface area contributed by atoms with E-state index in [1.807, 2.05) is 0 Å². The van der Waals surface area contributed by atoms with Crippen LogP contribution < -0.4 is 0 Å². The Kier molecular flexibility index (Phi) is 9.17. The number of carboxylic acids is 1. The zero-order valence-corrected chi connectivity index (χ0v) is 18.9. The number of carboxylic acid groups (broad SMARTS) is 1. The van der Waals surface area contributed by atoms with Gasteiger partial charge in [0, 0.05) is 19.1 Å². The fraction of sp³-hybridized carbons (Fsp3) is 0.545. The van der Waals surface area contributed by atoms with E-state index in [4.69, 9.17) is 4.74 Å². The van der Waals surface area contributed by atoms with Crippen molar-refractivity contribution in [1.29, 1.82) is 0 Å². The Bertz CT molecular complexity index is 870. The molecule has 0 saturated carbocycles. The van der Waals surface area contributed by atoms with Crippen LogP contribution in [0.2, 0.25) is 0 Å². The summed E-state index contributed by atoms with van der Waals surface area (Å²) < 4.78 is 56.2. The highest BCUT2D eigenvalue weighted by molar-refractivity contribution is 6.04. The van der Waals surface area contributed by atoms with Crippen molar-refractivity contribution < 1.29 is 51.7 Å². The number of ketones is 1. The first-order chi connectivity index (χ1) is 15.2. The van der Waals surface area contributed by atoms with Gasteiger partial charge in [-0.05, 0) is 20.3 Å². The summed E-state index contributed by atoms with van der Waals surface area (Å²) in [6.07, 6.45) is -7.70. The SMILES string of the molecule is CC[C@@](C)(C(=O)C[C@@H](C(=O)O)[C@@H](C)OC(=O)[C@@](OC)(c1ccccc1)C(F)(F)F)C(=O)OC. The highest BCUT2D eigenvalue weighted by atomic mass is 19.4. The van der Waals surface area contributed by atoms with Crippen LogP contribution in [0.5, 0.6) is 0 Å². The van der Waals surface area contributed by atoms with Crippen molar-refractivity contribution in [2.75, 3.05) is 14.2 Å². The monoisotopic (exact) mass is 476 g/mol. The summed E-state index contributed by atoms with van der Waals surface area (Å²) in [5.41, 5.74) is -5.75. The first-order valence-corrected chi connectivity index (χ1v) is 9.95. The molecule has 8 nitrogen and oxygen atoms in total. The minimum absolute atomic E-state index is 0.00607. The lowest BCUT2D eigenvalue weighted by atomic mass is 9.78. The summed E-state index contributed by atoms with van der Waals surface area (Å²) in [5, 5.41) is 9.56. The van der Waals surface area contributed by atoms with Crippen molar-refractivity contribution in [2.24, 2.45) is 11.3 Å². The Hall–Kier alpha value is -2.95. The molecule has 0 aliphatic carbocycles. The molecule has 0 aromatic heterocycles. The summed E-state index contributed by atoms with van der Waals surface area (Å²) in [6.45, 7) is 3.84. The van der Waals surface area contributed by atoms with Gasteiger partial charge in [0.15, 0.2) is 5.78 Å². The summed E-state index contributed by atoms with van der Waals surface area (Å²) >= 11 is 0. The molecule has 0 radical (unpaired) electrons. The molecule has 0 bridgehead atoms. The predicted octanol–water partition coefficient (Wildman–Crippen LogP) is 3.27. The Morgan fingerprint density at radius 3 is 1.97 bits per heavy atom. The third-order valence-corrected chi connectivity index (χ3v) is 5.71. The number of Topliss-reactive ketones (excluding diaryl/α,β-unsaturated/α-hetero) is 1. The van der Waals surface area contributed by atoms with Crippen LogP contribution in [0.3, 0.4) is 0 Å². The number of hydrogen-bond acceptors (Lipinski definition) is 7. The molecule has 4 atom stereocenters. The highest BCUT2D eigenvalue weighted by Gasteiger charge is 2.64. The van der Waals surface area contributed by atoms with E-state index in [1.165, 1.54) is 32.0 Å². The summed E-state index contributed by atoms with van der Waals surface area (Å²) in [5.74, 6) is -6.91. The van der Waals surface area contributed by atoms with Gasteiger partial charge in [0.1, 0.15) is 17.4 Å². The van der Waals surface area contributed by atoms with Gasteiger partial charge in [0.05, 0.1) is 7.11 Å². The molecule has 0 amide bonds. The Morgan fingerprint density at radius 1 is 1.03 bits per heavy atom. The smallest absolute Gasteiger partial charge is 0.432 e. The average molecular weight is 476 g/mol. The second kappa shape index (κ2) is 10.8. The number of hydrogen-bond donors (Lipinski definition) is 1. The molecular formula is C22H27F3O8. The second-order valence-electron chi connectivity index (χ2n) is 7.61. The van der Waals surface area contributed by atoms with Gasteiger partial charge in [-0.15, -0.1) is 0 Å². The Morgan fingerprint density at radius 2 is 1.58 bits per heavy atom. The molecule has 1 aromatic rings. The van der Waals surface area contributed by atoms with Crippen molar-refractivity contribution in [2.45, 2.75) is 51.5 Å². The van der Waals surface area contributed by atoms with Gasteiger partial charge in [-0.3, -0.25) is 14.4 Å². The third-order valence-electron chi connectivity index (χ3n) is 5.71. The molecule has 0 saturated heterocycles. The van der Waals surface area contributed by atoms with Crippen LogP contribution in [0, 0.1) is 11.3 Å². The number of alkyl halides is 3. The number of benzene rings is 1. The molecule has 33 heavy (non-hydrogen) atoms. The number of halogens is 3. The fourth-order valence-electron chi connectivity index (χ4n) is 3.28. The van der Waals surface area contributed by atoms with Gasteiger partial charge >= 0.3 is 24.1 Å². The molecule has 0 unspecified atom stereocenters. The molecule has 1 aromatic carbocycles. The van der Waals surface area contributed by atoms with Crippen molar-refractivity contribution in [3.8, 4) is 0 Å². The molecule has 1 N–H and O–H groups in total. The van der Waals surface area contributed by atoms with Crippen LogP contribution in [0.15, 0.2) is 30.3 Å². The maximum Gasteiger partial charge on any atom is 0.432 e. The quantitative estimate of drug-likeness (QED) is 0.382. The van der Waals surface area contributed by atoms with Crippen LogP contribution in [-0.4, -0.2) is 55.3 Å². The number of carbonyl (C=O) groups excluding carboxylic acids is 3. The van der Waals surface area contributed by atoms with E-state index in [9.17, 15) is 37.5 Å². The summed E-state index contributed by atoms with van der Waals surface area (Å²) in [7, 11) is 1.74. The number of aliphatic carboxylic acids is 1. The zero-order chi connectivity index (χ0) is 25.6. The zero-order valence-electron chi connectivity index (χ0n) is 18.9. The van der Waals surface area contributed by atoms with Gasteiger partial charge in [-0.1, -0.05) is 37.3 Å². The van der Waals surface area contributed by atoms with E-state index < -0.39 is 64.9 Å². The van der Waals surface area contributed by atoms with Crippen molar-refractivity contribution in [3.05, 3.63) is 35.9 Å². The molecule has 0 fully saturated rings. The Labute approximate surface area is 189 Å². The lowest BCUT2D eigenvalue weighted by Gasteiger charge is -2.34. The third kappa shape index (κ3) is 5.52. The van der Waals surface area contributed by atoms with Crippen LogP contribution in [-0.2, 0) is 39.0 Å². The predicted molar refractivity (Wildman–Crippen MR) is 108 cm³/mol. The number of methoxy groups -OCH3 is 2. The van der Waals surface area contributed by atoms with E-state index >= 15 is 0 Å². The molecule has 0 heterocycles.